The van der Waals surface area contributed by atoms with Gasteiger partial charge in [-0.25, -0.2) is 0 Å². The Morgan fingerprint density at radius 3 is 1.41 bits per heavy atom. The standard InChI is InChI=1S/C24H48S3/c25-18-10-4-1-7-13-22-16-17-23(14-8-2-5-11-19-26)24(21-22)15-9-3-6-12-20-27/h22-27H,1-21H2. The van der Waals surface area contributed by atoms with Crippen LogP contribution in [0.5, 0.6) is 0 Å². The van der Waals surface area contributed by atoms with Gasteiger partial charge in [-0.2, -0.15) is 37.9 Å². The van der Waals surface area contributed by atoms with Crippen LogP contribution in [0, 0.1) is 17.8 Å². The van der Waals surface area contributed by atoms with Crippen molar-refractivity contribution in [3.05, 3.63) is 0 Å². The Hall–Kier alpha value is 1.05. The van der Waals surface area contributed by atoms with Crippen LogP contribution in [-0.4, -0.2) is 17.3 Å². The highest BCUT2D eigenvalue weighted by Gasteiger charge is 2.29. The molecule has 3 unspecified atom stereocenters. The lowest BCUT2D eigenvalue weighted by Gasteiger charge is -2.37. The van der Waals surface area contributed by atoms with Crippen LogP contribution in [0.2, 0.25) is 0 Å². The highest BCUT2D eigenvalue weighted by atomic mass is 32.1. The first-order chi connectivity index (χ1) is 13.3. The molecule has 0 aromatic rings. The van der Waals surface area contributed by atoms with Gasteiger partial charge in [0, 0.05) is 0 Å². The summed E-state index contributed by atoms with van der Waals surface area (Å²) in [4.78, 5) is 0. The molecule has 0 aliphatic heterocycles. The molecule has 0 amide bonds. The quantitative estimate of drug-likeness (QED) is 0.140. The summed E-state index contributed by atoms with van der Waals surface area (Å²) in [5.41, 5.74) is 0. The van der Waals surface area contributed by atoms with E-state index in [0.717, 1.165) is 35.0 Å². The SMILES string of the molecule is SCCCCCCC1CCC(CCCCCCS)C(CCCCCCS)C1. The van der Waals surface area contributed by atoms with Gasteiger partial charge < -0.3 is 0 Å². The summed E-state index contributed by atoms with van der Waals surface area (Å²) >= 11 is 13.0. The van der Waals surface area contributed by atoms with Gasteiger partial charge in [-0.15, -0.1) is 0 Å². The molecule has 0 heterocycles. The highest BCUT2D eigenvalue weighted by Crippen LogP contribution is 2.41. The van der Waals surface area contributed by atoms with Crippen LogP contribution in [0.15, 0.2) is 0 Å². The zero-order valence-electron chi connectivity index (χ0n) is 17.9. The molecule has 1 aliphatic carbocycles. The number of unbranched alkanes of at least 4 members (excludes halogenated alkanes) is 9. The van der Waals surface area contributed by atoms with E-state index in [1.807, 2.05) is 0 Å². The zero-order valence-corrected chi connectivity index (χ0v) is 20.6. The average molecular weight is 433 g/mol. The maximum absolute atomic E-state index is 4.36. The van der Waals surface area contributed by atoms with Gasteiger partial charge in [0.2, 0.25) is 0 Å². The molecule has 0 saturated heterocycles. The first-order valence-corrected chi connectivity index (χ1v) is 14.0. The minimum absolute atomic E-state index is 1.03. The van der Waals surface area contributed by atoms with Crippen LogP contribution in [0.4, 0.5) is 0 Å². The molecule has 1 aliphatic rings. The van der Waals surface area contributed by atoms with Crippen molar-refractivity contribution < 1.29 is 0 Å². The van der Waals surface area contributed by atoms with Gasteiger partial charge in [0.25, 0.3) is 0 Å². The van der Waals surface area contributed by atoms with Gasteiger partial charge in [-0.05, 0) is 67.1 Å². The van der Waals surface area contributed by atoms with Crippen LogP contribution in [0.1, 0.15) is 116 Å². The van der Waals surface area contributed by atoms with Gasteiger partial charge in [0.1, 0.15) is 0 Å². The number of rotatable bonds is 18. The second-order valence-corrected chi connectivity index (χ2v) is 10.3. The number of thiol groups is 3. The predicted octanol–water partition coefficient (Wildman–Crippen LogP) is 8.66. The van der Waals surface area contributed by atoms with Crippen LogP contribution < -0.4 is 0 Å². The third-order valence-electron chi connectivity index (χ3n) is 6.73. The molecular weight excluding hydrogens is 384 g/mol. The van der Waals surface area contributed by atoms with Gasteiger partial charge in [-0.1, -0.05) is 83.5 Å². The van der Waals surface area contributed by atoms with E-state index in [1.54, 1.807) is 6.42 Å². The van der Waals surface area contributed by atoms with Crippen molar-refractivity contribution in [3.8, 4) is 0 Å². The zero-order chi connectivity index (χ0) is 19.6. The summed E-state index contributed by atoms with van der Waals surface area (Å²) in [6.45, 7) is 0. The summed E-state index contributed by atoms with van der Waals surface area (Å²) in [6.07, 6.45) is 25.8. The van der Waals surface area contributed by atoms with Gasteiger partial charge >= 0.3 is 0 Å². The fourth-order valence-electron chi connectivity index (χ4n) is 5.06. The van der Waals surface area contributed by atoms with Gasteiger partial charge in [0.05, 0.1) is 0 Å². The maximum atomic E-state index is 4.36. The molecule has 162 valence electrons. The van der Waals surface area contributed by atoms with Crippen molar-refractivity contribution in [1.29, 1.82) is 0 Å². The molecule has 0 N–H and O–H groups in total. The third kappa shape index (κ3) is 13.8. The lowest BCUT2D eigenvalue weighted by molar-refractivity contribution is 0.147. The Labute approximate surface area is 188 Å². The summed E-state index contributed by atoms with van der Waals surface area (Å²) in [5.74, 6) is 6.29. The second kappa shape index (κ2) is 19.0. The van der Waals surface area contributed by atoms with Crippen molar-refractivity contribution in [2.24, 2.45) is 17.8 Å². The molecule has 3 heteroatoms. The monoisotopic (exact) mass is 432 g/mol. The molecule has 1 rings (SSSR count). The van der Waals surface area contributed by atoms with E-state index in [4.69, 9.17) is 0 Å². The lowest BCUT2D eigenvalue weighted by Crippen LogP contribution is -2.25. The van der Waals surface area contributed by atoms with Crippen LogP contribution in [0.3, 0.4) is 0 Å². The second-order valence-electron chi connectivity index (χ2n) is 8.98. The fraction of sp³-hybridized carbons (Fsp3) is 1.00. The average Bonchev–Trinajstić information content (AvgIpc) is 2.68. The van der Waals surface area contributed by atoms with Gasteiger partial charge in [0.15, 0.2) is 0 Å². The molecule has 0 aromatic carbocycles. The summed E-state index contributed by atoms with van der Waals surface area (Å²) in [6, 6.07) is 0. The largest absolute Gasteiger partial charge is 0.179 e. The van der Waals surface area contributed by atoms with Gasteiger partial charge in [-0.3, -0.25) is 0 Å². The molecule has 27 heavy (non-hydrogen) atoms. The third-order valence-corrected chi connectivity index (χ3v) is 7.68. The Morgan fingerprint density at radius 1 is 0.444 bits per heavy atom. The Balaban J connectivity index is 2.31. The molecule has 0 nitrogen and oxygen atoms in total. The molecule has 0 spiro atoms. The molecule has 0 radical (unpaired) electrons. The van der Waals surface area contributed by atoms with E-state index in [1.165, 1.54) is 109 Å². The van der Waals surface area contributed by atoms with Crippen LogP contribution in [-0.2, 0) is 0 Å². The van der Waals surface area contributed by atoms with E-state index < -0.39 is 0 Å². The smallest absolute Gasteiger partial charge is 0.00979 e. The molecule has 1 saturated carbocycles. The van der Waals surface area contributed by atoms with Crippen molar-refractivity contribution in [2.45, 2.75) is 116 Å². The Kier molecular flexibility index (Phi) is 18.4. The predicted molar refractivity (Wildman–Crippen MR) is 135 cm³/mol. The van der Waals surface area contributed by atoms with Crippen LogP contribution in [0.25, 0.3) is 0 Å². The number of hydrogen-bond acceptors (Lipinski definition) is 3. The lowest BCUT2D eigenvalue weighted by atomic mass is 9.69. The molecular formula is C24H48S3. The Bertz CT molecular complexity index is 308. The summed E-state index contributed by atoms with van der Waals surface area (Å²) in [5, 5.41) is 0. The number of hydrogen-bond donors (Lipinski definition) is 3. The highest BCUT2D eigenvalue weighted by molar-refractivity contribution is 7.80. The Morgan fingerprint density at radius 2 is 0.889 bits per heavy atom. The van der Waals surface area contributed by atoms with E-state index in [-0.39, 0.29) is 0 Å². The van der Waals surface area contributed by atoms with Crippen LogP contribution >= 0.6 is 37.9 Å². The molecule has 3 atom stereocenters. The topological polar surface area (TPSA) is 0 Å². The maximum Gasteiger partial charge on any atom is -0.00979 e. The first kappa shape index (κ1) is 26.1. The van der Waals surface area contributed by atoms with E-state index >= 15 is 0 Å². The minimum atomic E-state index is 1.03. The first-order valence-electron chi connectivity index (χ1n) is 12.1. The normalized spacial score (nSPS) is 23.0. The van der Waals surface area contributed by atoms with E-state index in [9.17, 15) is 0 Å². The molecule has 0 bridgehead atoms. The fourth-order valence-corrected chi connectivity index (χ4v) is 5.73. The minimum Gasteiger partial charge on any atom is -0.179 e. The molecule has 1 fully saturated rings. The van der Waals surface area contributed by atoms with E-state index in [2.05, 4.69) is 37.9 Å². The van der Waals surface area contributed by atoms with Crippen molar-refractivity contribution in [2.75, 3.05) is 17.3 Å². The van der Waals surface area contributed by atoms with Crippen molar-refractivity contribution in [1.82, 2.24) is 0 Å². The van der Waals surface area contributed by atoms with Crippen molar-refractivity contribution >= 4 is 37.9 Å². The van der Waals surface area contributed by atoms with Crippen molar-refractivity contribution in [3.63, 3.8) is 0 Å². The molecule has 0 aromatic heterocycles. The van der Waals surface area contributed by atoms with E-state index in [0.29, 0.717) is 0 Å². The summed E-state index contributed by atoms with van der Waals surface area (Å²) < 4.78 is 0. The summed E-state index contributed by atoms with van der Waals surface area (Å²) in [7, 11) is 0.